The first-order valence-electron chi connectivity index (χ1n) is 11.9. The maximum atomic E-state index is 11.7. The molecule has 0 saturated heterocycles. The van der Waals surface area contributed by atoms with Gasteiger partial charge in [0.2, 0.25) is 5.91 Å². The van der Waals surface area contributed by atoms with Crippen LogP contribution in [0.2, 0.25) is 0 Å². The van der Waals surface area contributed by atoms with Crippen molar-refractivity contribution in [1.29, 1.82) is 0 Å². The highest BCUT2D eigenvalue weighted by molar-refractivity contribution is 9.10. The molecule has 0 fully saturated rings. The predicted molar refractivity (Wildman–Crippen MR) is 149 cm³/mol. The minimum absolute atomic E-state index is 0.174. The van der Waals surface area contributed by atoms with Crippen LogP contribution in [0.3, 0.4) is 0 Å². The second-order valence-corrected chi connectivity index (χ2v) is 9.90. The molecule has 3 heterocycles. The second-order valence-electron chi connectivity index (χ2n) is 8.07. The van der Waals surface area contributed by atoms with E-state index in [1.807, 2.05) is 42.2 Å². The van der Waals surface area contributed by atoms with Crippen molar-refractivity contribution in [2.24, 2.45) is 0 Å². The quantitative estimate of drug-likeness (QED) is 0.406. The minimum atomic E-state index is -0.174. The summed E-state index contributed by atoms with van der Waals surface area (Å²) in [6.07, 6.45) is 5.12. The van der Waals surface area contributed by atoms with E-state index in [9.17, 15) is 9.59 Å². The summed E-state index contributed by atoms with van der Waals surface area (Å²) in [6, 6.07) is 11.8. The summed E-state index contributed by atoms with van der Waals surface area (Å²) < 4.78 is 14.6. The number of benzene rings is 2. The molecule has 0 radical (unpaired) electrons. The zero-order valence-corrected chi connectivity index (χ0v) is 24.0. The van der Waals surface area contributed by atoms with E-state index in [0.29, 0.717) is 26.1 Å². The zero-order valence-electron chi connectivity index (χ0n) is 20.9. The number of nitrogens with zero attached hydrogens (tertiary/aromatic N) is 3. The fourth-order valence-electron chi connectivity index (χ4n) is 3.59. The molecule has 2 aliphatic rings. The highest BCUT2D eigenvalue weighted by Crippen LogP contribution is 2.27. The first-order chi connectivity index (χ1) is 17.9. The molecule has 11 heteroatoms. The third kappa shape index (κ3) is 8.87. The fraction of sp³-hybridized carbons (Fsp3) is 0.346. The molecule has 0 spiro atoms. The Bertz CT molecular complexity index is 1170. The van der Waals surface area contributed by atoms with E-state index in [2.05, 4.69) is 53.5 Å². The van der Waals surface area contributed by atoms with Gasteiger partial charge >= 0.3 is 6.03 Å². The van der Waals surface area contributed by atoms with Crippen LogP contribution in [0.15, 0.2) is 64.1 Å². The summed E-state index contributed by atoms with van der Waals surface area (Å²) >= 11 is 6.86. The van der Waals surface area contributed by atoms with Crippen LogP contribution in [0.1, 0.15) is 24.5 Å². The molecule has 0 saturated carbocycles. The van der Waals surface area contributed by atoms with E-state index < -0.39 is 0 Å². The number of aromatic nitrogens is 2. The molecular weight excluding hydrogens is 606 g/mol. The monoisotopic (exact) mass is 635 g/mol. The molecule has 0 bridgehead atoms. The number of nitrogens with one attached hydrogen (secondary N) is 2. The van der Waals surface area contributed by atoms with E-state index in [-0.39, 0.29) is 11.9 Å². The molecule has 0 unspecified atom stereocenters. The van der Waals surface area contributed by atoms with Crippen molar-refractivity contribution in [2.45, 2.75) is 26.4 Å². The van der Waals surface area contributed by atoms with Crippen LogP contribution in [0.4, 0.5) is 4.79 Å². The van der Waals surface area contributed by atoms with Gasteiger partial charge in [0, 0.05) is 65.6 Å². The number of hydrogen-bond donors (Lipinski definition) is 2. The topological polar surface area (TPSA) is 97.7 Å². The standard InChI is InChI=1S/C12H14BrNO2.C9H10BrNO.C5H7N3O/c1-2-12(15)14-5-6-16-11-4-3-10(13)7-9(11)8-14;10-8-1-2-9-7(5-8)6-11-3-4-12-9;1-6-5(9)8-3-2-7-4-8/h3-4,7H,2,5-6,8H2,1H3;1-2,5,11H,3-4,6H2;2-4H,1H3,(H,6,9). The van der Waals surface area contributed by atoms with E-state index in [4.69, 9.17) is 9.47 Å². The van der Waals surface area contributed by atoms with Crippen molar-refractivity contribution in [2.75, 3.05) is 33.4 Å². The average Bonchev–Trinajstić information content (AvgIpc) is 3.24. The van der Waals surface area contributed by atoms with Crippen molar-refractivity contribution in [3.63, 3.8) is 0 Å². The molecule has 0 aliphatic carbocycles. The van der Waals surface area contributed by atoms with Crippen LogP contribution < -0.4 is 20.1 Å². The maximum absolute atomic E-state index is 11.7. The number of hydrogen-bond acceptors (Lipinski definition) is 6. The van der Waals surface area contributed by atoms with Gasteiger partial charge in [-0.15, -0.1) is 0 Å². The second kappa shape index (κ2) is 14.7. The maximum Gasteiger partial charge on any atom is 0.326 e. The third-order valence-electron chi connectivity index (χ3n) is 5.48. The summed E-state index contributed by atoms with van der Waals surface area (Å²) in [5, 5.41) is 5.74. The molecule has 9 nitrogen and oxygen atoms in total. The Kier molecular flexibility index (Phi) is 11.4. The van der Waals surface area contributed by atoms with E-state index in [1.54, 1.807) is 19.4 Å². The Labute approximate surface area is 233 Å². The highest BCUT2D eigenvalue weighted by atomic mass is 79.9. The highest BCUT2D eigenvalue weighted by Gasteiger charge is 2.18. The molecule has 2 N–H and O–H groups in total. The van der Waals surface area contributed by atoms with Crippen LogP contribution in [0.25, 0.3) is 0 Å². The van der Waals surface area contributed by atoms with Gasteiger partial charge in [0.1, 0.15) is 31.0 Å². The Hall–Kier alpha value is -2.89. The Morgan fingerprint density at radius 1 is 1.05 bits per heavy atom. The van der Waals surface area contributed by atoms with Crippen LogP contribution in [-0.2, 0) is 17.9 Å². The number of imidazole rings is 1. The Morgan fingerprint density at radius 3 is 2.38 bits per heavy atom. The Balaban J connectivity index is 0.000000161. The molecule has 2 amide bonds. The van der Waals surface area contributed by atoms with Gasteiger partial charge < -0.3 is 25.0 Å². The summed E-state index contributed by atoms with van der Waals surface area (Å²) in [5.74, 6) is 2.06. The summed E-state index contributed by atoms with van der Waals surface area (Å²) in [5.41, 5.74) is 2.29. The van der Waals surface area contributed by atoms with Crippen molar-refractivity contribution in [3.8, 4) is 11.5 Å². The average molecular weight is 637 g/mol. The molecule has 37 heavy (non-hydrogen) atoms. The number of rotatable bonds is 1. The van der Waals surface area contributed by atoms with Crippen molar-refractivity contribution >= 4 is 43.8 Å². The van der Waals surface area contributed by atoms with Gasteiger partial charge in [-0.05, 0) is 36.4 Å². The fourth-order valence-corrected chi connectivity index (χ4v) is 4.41. The zero-order chi connectivity index (χ0) is 26.6. The summed E-state index contributed by atoms with van der Waals surface area (Å²) in [6.45, 7) is 6.34. The predicted octanol–water partition coefficient (Wildman–Crippen LogP) is 4.58. The number of halogens is 2. The molecular formula is C26H31Br2N5O4. The molecule has 5 rings (SSSR count). The van der Waals surface area contributed by atoms with Crippen molar-refractivity contribution in [3.05, 3.63) is 75.2 Å². The van der Waals surface area contributed by atoms with Gasteiger partial charge in [-0.3, -0.25) is 9.36 Å². The number of amides is 2. The number of ether oxygens (including phenoxy) is 2. The van der Waals surface area contributed by atoms with Gasteiger partial charge in [0.25, 0.3) is 0 Å². The van der Waals surface area contributed by atoms with E-state index >= 15 is 0 Å². The van der Waals surface area contributed by atoms with Crippen LogP contribution >= 0.6 is 31.9 Å². The molecule has 198 valence electrons. The van der Waals surface area contributed by atoms with Gasteiger partial charge in [-0.25, -0.2) is 9.78 Å². The number of carbonyl (C=O) groups excluding carboxylic acids is 2. The van der Waals surface area contributed by atoms with Gasteiger partial charge in [0.15, 0.2) is 0 Å². The summed E-state index contributed by atoms with van der Waals surface area (Å²) in [4.78, 5) is 27.9. The largest absolute Gasteiger partial charge is 0.492 e. The lowest BCUT2D eigenvalue weighted by atomic mass is 10.2. The lowest BCUT2D eigenvalue weighted by Gasteiger charge is -2.18. The van der Waals surface area contributed by atoms with Gasteiger partial charge in [0.05, 0.1) is 6.54 Å². The molecule has 2 aliphatic heterocycles. The molecule has 3 aromatic rings. The molecule has 1 aromatic heterocycles. The van der Waals surface area contributed by atoms with Gasteiger partial charge in [-0.2, -0.15) is 0 Å². The SMILES string of the molecule is Brc1ccc2c(c1)CNCCO2.CCC(=O)N1CCOc2ccc(Br)cc2C1.CNC(=O)n1ccnc1. The lowest BCUT2D eigenvalue weighted by Crippen LogP contribution is -2.31. The number of carbonyl (C=O) groups is 2. The lowest BCUT2D eigenvalue weighted by molar-refractivity contribution is -0.131. The third-order valence-corrected chi connectivity index (χ3v) is 6.47. The molecule has 2 aromatic carbocycles. The van der Waals surface area contributed by atoms with Crippen molar-refractivity contribution < 1.29 is 19.1 Å². The smallest absolute Gasteiger partial charge is 0.326 e. The Morgan fingerprint density at radius 2 is 1.73 bits per heavy atom. The van der Waals surface area contributed by atoms with E-state index in [1.165, 1.54) is 16.5 Å². The minimum Gasteiger partial charge on any atom is -0.492 e. The normalized spacial score (nSPS) is 13.9. The van der Waals surface area contributed by atoms with Crippen LogP contribution in [0.5, 0.6) is 11.5 Å². The van der Waals surface area contributed by atoms with Crippen LogP contribution in [-0.4, -0.2) is 59.7 Å². The van der Waals surface area contributed by atoms with Gasteiger partial charge in [-0.1, -0.05) is 38.8 Å². The first kappa shape index (κ1) is 28.7. The van der Waals surface area contributed by atoms with Crippen molar-refractivity contribution in [1.82, 2.24) is 25.1 Å². The van der Waals surface area contributed by atoms with E-state index in [0.717, 1.165) is 45.7 Å². The molecule has 0 atom stereocenters. The summed E-state index contributed by atoms with van der Waals surface area (Å²) in [7, 11) is 1.57. The number of fused-ring (bicyclic) bond motifs is 2. The van der Waals surface area contributed by atoms with Crippen LogP contribution in [0, 0.1) is 0 Å². The first-order valence-corrected chi connectivity index (χ1v) is 13.5.